The minimum atomic E-state index is -1.20. The lowest BCUT2D eigenvalue weighted by Crippen LogP contribution is -2.38. The largest absolute Gasteiger partial charge is 0.465 e. The summed E-state index contributed by atoms with van der Waals surface area (Å²) in [6, 6.07) is 8.78. The summed E-state index contributed by atoms with van der Waals surface area (Å²) in [6.45, 7) is 3.36. The molecule has 1 N–H and O–H groups in total. The van der Waals surface area contributed by atoms with E-state index < -0.39 is 18.8 Å². The second-order valence-electron chi connectivity index (χ2n) is 8.01. The Bertz CT molecular complexity index is 845. The lowest BCUT2D eigenvalue weighted by Gasteiger charge is -2.33. The Morgan fingerprint density at radius 1 is 1.32 bits per heavy atom. The molecule has 3 rings (SSSR count). The van der Waals surface area contributed by atoms with Crippen molar-refractivity contribution in [1.82, 2.24) is 14.9 Å². The zero-order valence-electron chi connectivity index (χ0n) is 16.2. The number of halogens is 2. The van der Waals surface area contributed by atoms with Crippen molar-refractivity contribution in [2.45, 2.75) is 45.6 Å². The molecule has 1 aliphatic rings. The number of benzene rings is 1. The molecule has 1 aromatic heterocycles. The van der Waals surface area contributed by atoms with Crippen LogP contribution in [0.5, 0.6) is 0 Å². The summed E-state index contributed by atoms with van der Waals surface area (Å²) >= 11 is 6.49. The van der Waals surface area contributed by atoms with Crippen LogP contribution in [-0.2, 0) is 19.3 Å². The van der Waals surface area contributed by atoms with Crippen molar-refractivity contribution in [1.29, 1.82) is 0 Å². The third-order valence-corrected chi connectivity index (χ3v) is 5.58. The molecule has 28 heavy (non-hydrogen) atoms. The van der Waals surface area contributed by atoms with E-state index in [0.29, 0.717) is 17.4 Å². The average molecular weight is 406 g/mol. The van der Waals surface area contributed by atoms with Gasteiger partial charge >= 0.3 is 6.09 Å². The van der Waals surface area contributed by atoms with Gasteiger partial charge in [0.25, 0.3) is 0 Å². The molecular formula is C21H25ClFN3O2. The van der Waals surface area contributed by atoms with Gasteiger partial charge in [0, 0.05) is 17.7 Å². The van der Waals surface area contributed by atoms with E-state index in [1.807, 2.05) is 30.3 Å². The standard InChI is InChI=1S/C21H25ClFN3O2/c1-21(2)9-8-16-15(13-21)18(22)25-19(24-16)17(26(11-10-23)20(27)28)12-14-6-4-3-5-7-14/h3-7,17H,8-13H2,1-2H3,(H,27,28). The van der Waals surface area contributed by atoms with E-state index in [0.717, 1.165) is 41.0 Å². The number of fused-ring (bicyclic) bond motifs is 1. The molecule has 2 aromatic rings. The topological polar surface area (TPSA) is 66.3 Å². The summed E-state index contributed by atoms with van der Waals surface area (Å²) in [7, 11) is 0. The van der Waals surface area contributed by atoms with Gasteiger partial charge in [-0.15, -0.1) is 0 Å². The number of rotatable bonds is 6. The molecule has 1 aliphatic carbocycles. The Morgan fingerprint density at radius 2 is 2.04 bits per heavy atom. The van der Waals surface area contributed by atoms with Crippen LogP contribution in [-0.4, -0.2) is 39.3 Å². The Balaban J connectivity index is 2.02. The van der Waals surface area contributed by atoms with Crippen LogP contribution in [0.3, 0.4) is 0 Å². The summed E-state index contributed by atoms with van der Waals surface area (Å²) in [4.78, 5) is 22.1. The molecule has 7 heteroatoms. The van der Waals surface area contributed by atoms with Gasteiger partial charge in [-0.25, -0.2) is 19.2 Å². The summed E-state index contributed by atoms with van der Waals surface area (Å²) in [5, 5.41) is 10.0. The van der Waals surface area contributed by atoms with E-state index in [2.05, 4.69) is 18.8 Å². The molecule has 150 valence electrons. The first kappa shape index (κ1) is 20.5. The van der Waals surface area contributed by atoms with Crippen molar-refractivity contribution in [3.05, 3.63) is 58.1 Å². The van der Waals surface area contributed by atoms with E-state index in [-0.39, 0.29) is 12.0 Å². The van der Waals surface area contributed by atoms with Crippen LogP contribution in [0.2, 0.25) is 5.15 Å². The van der Waals surface area contributed by atoms with Crippen molar-refractivity contribution in [2.75, 3.05) is 13.2 Å². The summed E-state index contributed by atoms with van der Waals surface area (Å²) in [5.41, 5.74) is 2.87. The van der Waals surface area contributed by atoms with Gasteiger partial charge in [-0.05, 0) is 30.2 Å². The zero-order valence-corrected chi connectivity index (χ0v) is 16.9. The molecule has 0 fully saturated rings. The maximum atomic E-state index is 13.1. The number of carboxylic acid groups (broad SMARTS) is 1. The SMILES string of the molecule is CC1(C)CCc2nc(C(Cc3ccccc3)N(CCF)C(=O)O)nc(Cl)c2C1. The third-order valence-electron chi connectivity index (χ3n) is 5.27. The average Bonchev–Trinajstić information content (AvgIpc) is 2.65. The van der Waals surface area contributed by atoms with Gasteiger partial charge in [0.1, 0.15) is 11.8 Å². The molecule has 0 aliphatic heterocycles. The van der Waals surface area contributed by atoms with Gasteiger partial charge in [0.2, 0.25) is 0 Å². The monoisotopic (exact) mass is 405 g/mol. The van der Waals surface area contributed by atoms with E-state index in [4.69, 9.17) is 16.6 Å². The Labute approximate surface area is 169 Å². The van der Waals surface area contributed by atoms with Crippen LogP contribution >= 0.6 is 11.6 Å². The molecule has 0 bridgehead atoms. The number of carbonyl (C=O) groups is 1. The normalized spacial score (nSPS) is 16.3. The highest BCUT2D eigenvalue weighted by atomic mass is 35.5. The quantitative estimate of drug-likeness (QED) is 0.695. The van der Waals surface area contributed by atoms with Gasteiger partial charge < -0.3 is 5.11 Å². The van der Waals surface area contributed by atoms with Crippen molar-refractivity contribution in [2.24, 2.45) is 5.41 Å². The van der Waals surface area contributed by atoms with E-state index in [1.165, 1.54) is 0 Å². The highest BCUT2D eigenvalue weighted by molar-refractivity contribution is 6.30. The molecule has 1 aromatic carbocycles. The van der Waals surface area contributed by atoms with Crippen LogP contribution in [0, 0.1) is 5.41 Å². The number of aromatic nitrogens is 2. The van der Waals surface area contributed by atoms with Gasteiger partial charge in [0.15, 0.2) is 5.82 Å². The van der Waals surface area contributed by atoms with Gasteiger partial charge in [0.05, 0.1) is 12.6 Å². The fourth-order valence-corrected chi connectivity index (χ4v) is 3.99. The molecular weight excluding hydrogens is 381 g/mol. The van der Waals surface area contributed by atoms with E-state index in [1.54, 1.807) is 0 Å². The van der Waals surface area contributed by atoms with Crippen LogP contribution in [0.1, 0.15) is 49.0 Å². The van der Waals surface area contributed by atoms with Gasteiger partial charge in [-0.3, -0.25) is 4.90 Å². The molecule has 1 unspecified atom stereocenters. The molecule has 1 amide bonds. The number of alkyl halides is 1. The fourth-order valence-electron chi connectivity index (χ4n) is 3.73. The number of amides is 1. The van der Waals surface area contributed by atoms with E-state index >= 15 is 0 Å². The summed E-state index contributed by atoms with van der Waals surface area (Å²) in [5.74, 6) is 0.336. The predicted octanol–water partition coefficient (Wildman–Crippen LogP) is 4.88. The van der Waals surface area contributed by atoms with Gasteiger partial charge in [-0.1, -0.05) is 55.8 Å². The minimum absolute atomic E-state index is 0.131. The van der Waals surface area contributed by atoms with Crippen LogP contribution in [0.25, 0.3) is 0 Å². The summed E-state index contributed by atoms with van der Waals surface area (Å²) in [6.07, 6.45) is 1.69. The van der Waals surface area contributed by atoms with Crippen molar-refractivity contribution in [3.63, 3.8) is 0 Å². The lowest BCUT2D eigenvalue weighted by molar-refractivity contribution is 0.116. The van der Waals surface area contributed by atoms with Crippen LogP contribution in [0.15, 0.2) is 30.3 Å². The zero-order chi connectivity index (χ0) is 20.3. The fraction of sp³-hybridized carbons (Fsp3) is 0.476. The molecule has 5 nitrogen and oxygen atoms in total. The molecule has 1 atom stereocenters. The minimum Gasteiger partial charge on any atom is -0.465 e. The second-order valence-corrected chi connectivity index (χ2v) is 8.37. The Kier molecular flexibility index (Phi) is 6.18. The van der Waals surface area contributed by atoms with E-state index in [9.17, 15) is 14.3 Å². The first-order valence-electron chi connectivity index (χ1n) is 9.45. The summed E-state index contributed by atoms with van der Waals surface area (Å²) < 4.78 is 13.1. The smallest absolute Gasteiger partial charge is 0.408 e. The molecule has 0 saturated heterocycles. The lowest BCUT2D eigenvalue weighted by atomic mass is 9.76. The highest BCUT2D eigenvalue weighted by Crippen LogP contribution is 2.37. The van der Waals surface area contributed by atoms with Crippen molar-refractivity contribution < 1.29 is 14.3 Å². The third kappa shape index (κ3) is 4.61. The van der Waals surface area contributed by atoms with Crippen molar-refractivity contribution >= 4 is 17.7 Å². The number of hydrogen-bond donors (Lipinski definition) is 1. The number of hydrogen-bond acceptors (Lipinski definition) is 3. The Morgan fingerprint density at radius 3 is 2.68 bits per heavy atom. The molecule has 1 heterocycles. The molecule has 0 radical (unpaired) electrons. The first-order chi connectivity index (χ1) is 13.3. The van der Waals surface area contributed by atoms with Crippen LogP contribution < -0.4 is 0 Å². The maximum Gasteiger partial charge on any atom is 0.408 e. The molecule has 0 saturated carbocycles. The molecule has 0 spiro atoms. The Hall–Kier alpha value is -2.21. The second kappa shape index (κ2) is 8.43. The number of nitrogens with zero attached hydrogens (tertiary/aromatic N) is 3. The highest BCUT2D eigenvalue weighted by Gasteiger charge is 2.32. The van der Waals surface area contributed by atoms with Crippen molar-refractivity contribution in [3.8, 4) is 0 Å². The van der Waals surface area contributed by atoms with Gasteiger partial charge in [-0.2, -0.15) is 0 Å². The van der Waals surface area contributed by atoms with Crippen LogP contribution in [0.4, 0.5) is 9.18 Å². The number of aryl methyl sites for hydroxylation is 1. The first-order valence-corrected chi connectivity index (χ1v) is 9.83. The maximum absolute atomic E-state index is 13.1. The predicted molar refractivity (Wildman–Crippen MR) is 106 cm³/mol.